The van der Waals surface area contributed by atoms with Gasteiger partial charge in [-0.25, -0.2) is 4.79 Å². The summed E-state index contributed by atoms with van der Waals surface area (Å²) in [6.45, 7) is 7.28. The van der Waals surface area contributed by atoms with Crippen LogP contribution in [0.2, 0.25) is 0 Å². The van der Waals surface area contributed by atoms with E-state index < -0.39 is 36.2 Å². The summed E-state index contributed by atoms with van der Waals surface area (Å²) >= 11 is 0. The Labute approximate surface area is 171 Å². The van der Waals surface area contributed by atoms with Gasteiger partial charge in [0.15, 0.2) is 0 Å². The topological polar surface area (TPSA) is 108 Å². The lowest BCUT2D eigenvalue weighted by Crippen LogP contribution is -2.50. The number of benzene rings is 1. The number of carbonyl (C=O) groups is 2. The molecular weight excluding hydrogens is 376 g/mol. The van der Waals surface area contributed by atoms with E-state index in [2.05, 4.69) is 5.32 Å². The Morgan fingerprint density at radius 1 is 1.24 bits per heavy atom. The molecule has 0 aliphatic carbocycles. The Bertz CT molecular complexity index is 675. The van der Waals surface area contributed by atoms with E-state index >= 15 is 0 Å². The van der Waals surface area contributed by atoms with Crippen molar-refractivity contribution in [3.8, 4) is 0 Å². The van der Waals surface area contributed by atoms with Gasteiger partial charge in [-0.05, 0) is 38.7 Å². The van der Waals surface area contributed by atoms with Crippen LogP contribution in [0.5, 0.6) is 0 Å². The number of rotatable bonds is 7. The monoisotopic (exact) mass is 408 g/mol. The van der Waals surface area contributed by atoms with Gasteiger partial charge in [-0.2, -0.15) is 0 Å². The van der Waals surface area contributed by atoms with Gasteiger partial charge in [0.25, 0.3) is 0 Å². The summed E-state index contributed by atoms with van der Waals surface area (Å²) in [5.41, 5.74) is 0.167. The molecule has 0 saturated carbocycles. The molecule has 1 fully saturated rings. The lowest BCUT2D eigenvalue weighted by atomic mass is 10.1. The molecule has 0 unspecified atom stereocenters. The van der Waals surface area contributed by atoms with E-state index in [0.29, 0.717) is 6.42 Å². The number of likely N-dealkylation sites (tertiary alicyclic amines) is 1. The van der Waals surface area contributed by atoms with E-state index in [9.17, 15) is 19.8 Å². The average molecular weight is 408 g/mol. The molecule has 1 aromatic carbocycles. The van der Waals surface area contributed by atoms with Crippen molar-refractivity contribution < 1.29 is 29.3 Å². The van der Waals surface area contributed by atoms with Crippen LogP contribution >= 0.6 is 0 Å². The standard InChI is InChI=1S/C21H32N2O6/c1-14-10-17(24)23(19(14)26)12-16(22-20(27)29-21(2,3)4)11-18(25)28-13-15-8-6-5-7-9-15/h5-9,14,16-17,19,24,26H,10-13H2,1-4H3,(H,22,27)/t14-,16-,17-,19-/m0/s1. The third kappa shape index (κ3) is 7.64. The maximum atomic E-state index is 12.3. The molecule has 162 valence electrons. The predicted octanol–water partition coefficient (Wildman–Crippen LogP) is 1.99. The fraction of sp³-hybridized carbons (Fsp3) is 0.619. The molecule has 8 heteroatoms. The highest BCUT2D eigenvalue weighted by Gasteiger charge is 2.38. The van der Waals surface area contributed by atoms with E-state index in [1.165, 1.54) is 4.90 Å². The first-order valence-corrected chi connectivity index (χ1v) is 9.86. The van der Waals surface area contributed by atoms with Crippen LogP contribution in [0.3, 0.4) is 0 Å². The van der Waals surface area contributed by atoms with Crippen LogP contribution in [0.15, 0.2) is 30.3 Å². The van der Waals surface area contributed by atoms with E-state index in [-0.39, 0.29) is 25.5 Å². The van der Waals surface area contributed by atoms with Crippen LogP contribution in [0.25, 0.3) is 0 Å². The third-order valence-corrected chi connectivity index (χ3v) is 4.62. The summed E-state index contributed by atoms with van der Waals surface area (Å²) in [7, 11) is 0. The summed E-state index contributed by atoms with van der Waals surface area (Å²) in [4.78, 5) is 26.0. The number of hydrogen-bond acceptors (Lipinski definition) is 7. The van der Waals surface area contributed by atoms with Crippen LogP contribution in [0, 0.1) is 5.92 Å². The van der Waals surface area contributed by atoms with Crippen molar-refractivity contribution in [2.45, 2.75) is 71.2 Å². The van der Waals surface area contributed by atoms with Gasteiger partial charge in [0.05, 0.1) is 12.5 Å². The second-order valence-electron chi connectivity index (χ2n) is 8.50. The van der Waals surface area contributed by atoms with Crippen molar-refractivity contribution in [2.24, 2.45) is 5.92 Å². The predicted molar refractivity (Wildman–Crippen MR) is 107 cm³/mol. The second kappa shape index (κ2) is 10.0. The van der Waals surface area contributed by atoms with Gasteiger partial charge in [0, 0.05) is 6.54 Å². The summed E-state index contributed by atoms with van der Waals surface area (Å²) in [5, 5.41) is 23.1. The highest BCUT2D eigenvalue weighted by Crippen LogP contribution is 2.27. The molecule has 1 aromatic rings. The lowest BCUT2D eigenvalue weighted by molar-refractivity contribution is -0.146. The molecule has 4 atom stereocenters. The molecule has 29 heavy (non-hydrogen) atoms. The van der Waals surface area contributed by atoms with Crippen LogP contribution in [0.1, 0.15) is 46.1 Å². The largest absolute Gasteiger partial charge is 0.461 e. The number of nitrogens with one attached hydrogen (secondary N) is 1. The van der Waals surface area contributed by atoms with Gasteiger partial charge in [0.1, 0.15) is 24.7 Å². The minimum Gasteiger partial charge on any atom is -0.461 e. The maximum Gasteiger partial charge on any atom is 0.407 e. The third-order valence-electron chi connectivity index (χ3n) is 4.62. The number of aliphatic hydroxyl groups is 2. The molecule has 0 bridgehead atoms. The first kappa shape index (κ1) is 23.1. The minimum atomic E-state index is -0.853. The highest BCUT2D eigenvalue weighted by molar-refractivity contribution is 5.73. The van der Waals surface area contributed by atoms with Crippen molar-refractivity contribution >= 4 is 12.1 Å². The molecule has 0 spiro atoms. The smallest absolute Gasteiger partial charge is 0.407 e. The zero-order valence-corrected chi connectivity index (χ0v) is 17.5. The van der Waals surface area contributed by atoms with Crippen LogP contribution in [-0.2, 0) is 20.9 Å². The highest BCUT2D eigenvalue weighted by atomic mass is 16.6. The zero-order valence-electron chi connectivity index (χ0n) is 17.5. The van der Waals surface area contributed by atoms with Gasteiger partial charge >= 0.3 is 12.1 Å². The molecular formula is C21H32N2O6. The number of ether oxygens (including phenoxy) is 2. The Morgan fingerprint density at radius 2 is 1.90 bits per heavy atom. The lowest BCUT2D eigenvalue weighted by Gasteiger charge is -2.30. The summed E-state index contributed by atoms with van der Waals surface area (Å²) in [6.07, 6.45) is -2.07. The fourth-order valence-corrected chi connectivity index (χ4v) is 3.21. The van der Waals surface area contributed by atoms with Gasteiger partial charge in [-0.3, -0.25) is 9.69 Å². The van der Waals surface area contributed by atoms with E-state index in [1.54, 1.807) is 20.8 Å². The number of esters is 1. The number of alkyl carbamates (subject to hydrolysis) is 1. The maximum absolute atomic E-state index is 12.3. The number of carbonyl (C=O) groups excluding carboxylic acids is 2. The molecule has 1 saturated heterocycles. The molecule has 2 rings (SSSR count). The fourth-order valence-electron chi connectivity index (χ4n) is 3.21. The van der Waals surface area contributed by atoms with Gasteiger partial charge in [-0.1, -0.05) is 37.3 Å². The summed E-state index contributed by atoms with van der Waals surface area (Å²) in [5.74, 6) is -0.608. The molecule has 1 aliphatic rings. The Balaban J connectivity index is 1.99. The number of aliphatic hydroxyl groups excluding tert-OH is 2. The Hall–Kier alpha value is -2.16. The van der Waals surface area contributed by atoms with Gasteiger partial charge in [0.2, 0.25) is 0 Å². The zero-order chi connectivity index (χ0) is 21.6. The first-order chi connectivity index (χ1) is 13.5. The number of hydrogen-bond donors (Lipinski definition) is 3. The van der Waals surface area contributed by atoms with Crippen molar-refractivity contribution in [1.82, 2.24) is 10.2 Å². The average Bonchev–Trinajstić information content (AvgIpc) is 2.85. The van der Waals surface area contributed by atoms with Crippen LogP contribution in [-0.4, -0.2) is 57.8 Å². The first-order valence-electron chi connectivity index (χ1n) is 9.86. The molecule has 3 N–H and O–H groups in total. The van der Waals surface area contributed by atoms with Crippen molar-refractivity contribution in [3.63, 3.8) is 0 Å². The molecule has 1 heterocycles. The molecule has 1 aliphatic heterocycles. The Morgan fingerprint density at radius 3 is 2.45 bits per heavy atom. The quantitative estimate of drug-likeness (QED) is 0.592. The molecule has 0 aromatic heterocycles. The summed E-state index contributed by atoms with van der Waals surface area (Å²) in [6, 6.07) is 8.59. The van der Waals surface area contributed by atoms with Crippen LogP contribution < -0.4 is 5.32 Å². The van der Waals surface area contributed by atoms with Crippen molar-refractivity contribution in [3.05, 3.63) is 35.9 Å². The normalized spacial score (nSPS) is 23.4. The molecule has 8 nitrogen and oxygen atoms in total. The van der Waals surface area contributed by atoms with E-state index in [1.807, 2.05) is 37.3 Å². The van der Waals surface area contributed by atoms with Crippen LogP contribution in [0.4, 0.5) is 4.79 Å². The van der Waals surface area contributed by atoms with Crippen molar-refractivity contribution in [2.75, 3.05) is 6.54 Å². The van der Waals surface area contributed by atoms with Gasteiger partial charge < -0.3 is 25.0 Å². The Kier molecular flexibility index (Phi) is 8.01. The SMILES string of the molecule is C[C@H]1C[C@H](O)N(C[C@H](CC(=O)OCc2ccccc2)NC(=O)OC(C)(C)C)[C@H]1O. The molecule has 0 radical (unpaired) electrons. The summed E-state index contributed by atoms with van der Waals surface area (Å²) < 4.78 is 10.6. The minimum absolute atomic E-state index is 0.0896. The number of nitrogens with zero attached hydrogens (tertiary/aromatic N) is 1. The van der Waals surface area contributed by atoms with Gasteiger partial charge in [-0.15, -0.1) is 0 Å². The van der Waals surface area contributed by atoms with E-state index in [4.69, 9.17) is 9.47 Å². The second-order valence-corrected chi connectivity index (χ2v) is 8.50. The van der Waals surface area contributed by atoms with E-state index in [0.717, 1.165) is 5.56 Å². The van der Waals surface area contributed by atoms with Crippen molar-refractivity contribution in [1.29, 1.82) is 0 Å². The number of amides is 1. The molecule has 1 amide bonds.